The van der Waals surface area contributed by atoms with E-state index in [-0.39, 0.29) is 27.3 Å². The molecular weight excluding hydrogens is 536 g/mol. The smallest absolute Gasteiger partial charge is 0.339 e. The molecule has 7 nitrogen and oxygen atoms in total. The Balaban J connectivity index is 1.40. The Bertz CT molecular complexity index is 1580. The van der Waals surface area contributed by atoms with E-state index >= 15 is 0 Å². The number of rotatable bonds is 7. The highest BCUT2D eigenvalue weighted by Crippen LogP contribution is 2.53. The summed E-state index contributed by atoms with van der Waals surface area (Å²) < 4.78 is 35.1. The molecule has 1 heterocycles. The van der Waals surface area contributed by atoms with Gasteiger partial charge in [0.2, 0.25) is 16.1 Å². The topological polar surface area (TPSA) is 92.8 Å². The maximum atomic E-state index is 13.8. The number of hydrogen-bond donors (Lipinski definition) is 1. The van der Waals surface area contributed by atoms with Crippen molar-refractivity contribution < 1.29 is 22.7 Å². The summed E-state index contributed by atoms with van der Waals surface area (Å²) in [6.45, 7) is 10.8. The third-order valence-electron chi connectivity index (χ3n) is 8.26. The minimum Gasteiger partial charge on any atom is -0.444 e. The van der Waals surface area contributed by atoms with Crippen LogP contribution < -0.4 is 5.32 Å². The summed E-state index contributed by atoms with van der Waals surface area (Å²) >= 11 is 0. The Kier molecular flexibility index (Phi) is 7.59. The quantitative estimate of drug-likeness (QED) is 0.328. The van der Waals surface area contributed by atoms with E-state index < -0.39 is 28.0 Å². The second-order valence-electron chi connectivity index (χ2n) is 12.8. The van der Waals surface area contributed by atoms with Crippen LogP contribution in [0.25, 0.3) is 0 Å². The molecular formula is C33H38N2O5S. The fraction of sp³-hybridized carbons (Fsp3) is 0.394. The zero-order valence-corrected chi connectivity index (χ0v) is 25.1. The Morgan fingerprint density at radius 3 is 2.41 bits per heavy atom. The van der Waals surface area contributed by atoms with Crippen molar-refractivity contribution in [2.75, 3.05) is 11.9 Å². The number of esters is 1. The monoisotopic (exact) mass is 574 g/mol. The predicted molar refractivity (Wildman–Crippen MR) is 159 cm³/mol. The van der Waals surface area contributed by atoms with Crippen LogP contribution in [0, 0.1) is 24.7 Å². The number of sulfonamides is 1. The SMILES string of the molecule is Cc1ccc(C)c(NC(=O)[C@H](OC(=O)c2cccc(S(=O)(=O)N3C[C@@]4(C)C[C@@H]3CC(C)(C)C4)c2)c2ccccc2)c1. The van der Waals surface area contributed by atoms with E-state index in [1.807, 2.05) is 38.1 Å². The minimum atomic E-state index is -3.84. The summed E-state index contributed by atoms with van der Waals surface area (Å²) in [5, 5.41) is 2.89. The van der Waals surface area contributed by atoms with Gasteiger partial charge in [0.15, 0.2) is 0 Å². The third kappa shape index (κ3) is 6.09. The van der Waals surface area contributed by atoms with Crippen LogP contribution in [0.2, 0.25) is 0 Å². The Hall–Kier alpha value is -3.49. The highest BCUT2D eigenvalue weighted by Gasteiger charge is 2.53. The lowest BCUT2D eigenvalue weighted by Crippen LogP contribution is -2.37. The number of aryl methyl sites for hydroxylation is 2. The number of nitrogens with zero attached hydrogens (tertiary/aromatic N) is 1. The molecule has 41 heavy (non-hydrogen) atoms. The first-order valence-electron chi connectivity index (χ1n) is 14.0. The van der Waals surface area contributed by atoms with Gasteiger partial charge >= 0.3 is 5.97 Å². The van der Waals surface area contributed by atoms with Gasteiger partial charge < -0.3 is 10.1 Å². The average Bonchev–Trinajstić information content (AvgIpc) is 3.18. The third-order valence-corrected chi connectivity index (χ3v) is 10.2. The van der Waals surface area contributed by atoms with E-state index in [1.54, 1.807) is 34.6 Å². The maximum Gasteiger partial charge on any atom is 0.339 e. The summed E-state index contributed by atoms with van der Waals surface area (Å²) in [5.74, 6) is -1.28. The summed E-state index contributed by atoms with van der Waals surface area (Å²) in [6.07, 6.45) is 1.38. The van der Waals surface area contributed by atoms with Gasteiger partial charge in [-0.1, -0.05) is 69.3 Å². The number of benzene rings is 3. The van der Waals surface area contributed by atoms with Gasteiger partial charge in [-0.15, -0.1) is 0 Å². The first-order chi connectivity index (χ1) is 19.3. The summed E-state index contributed by atoms with van der Waals surface area (Å²) in [6, 6.07) is 20.4. The molecule has 2 aliphatic rings. The van der Waals surface area contributed by atoms with Crippen molar-refractivity contribution in [1.82, 2.24) is 4.31 Å². The number of nitrogens with one attached hydrogen (secondary N) is 1. The minimum absolute atomic E-state index is 0.0528. The molecule has 5 rings (SSSR count). The molecule has 3 atom stereocenters. The van der Waals surface area contributed by atoms with Crippen LogP contribution in [0.4, 0.5) is 5.69 Å². The molecule has 1 aliphatic carbocycles. The van der Waals surface area contributed by atoms with Crippen LogP contribution in [0.1, 0.15) is 73.2 Å². The van der Waals surface area contributed by atoms with Gasteiger partial charge in [-0.3, -0.25) is 4.79 Å². The van der Waals surface area contributed by atoms with E-state index in [0.29, 0.717) is 17.8 Å². The molecule has 2 fully saturated rings. The van der Waals surface area contributed by atoms with Crippen molar-refractivity contribution in [3.05, 3.63) is 95.1 Å². The van der Waals surface area contributed by atoms with Gasteiger partial charge in [0.1, 0.15) is 0 Å². The molecule has 8 heteroatoms. The van der Waals surface area contributed by atoms with Crippen molar-refractivity contribution in [3.8, 4) is 0 Å². The molecule has 3 aromatic carbocycles. The predicted octanol–water partition coefficient (Wildman–Crippen LogP) is 6.43. The maximum absolute atomic E-state index is 13.8. The van der Waals surface area contributed by atoms with Crippen LogP contribution >= 0.6 is 0 Å². The summed E-state index contributed by atoms with van der Waals surface area (Å²) in [7, 11) is -3.84. The highest BCUT2D eigenvalue weighted by atomic mass is 32.2. The lowest BCUT2D eigenvalue weighted by atomic mass is 9.65. The van der Waals surface area contributed by atoms with E-state index in [4.69, 9.17) is 4.74 Å². The van der Waals surface area contributed by atoms with Crippen LogP contribution in [0.15, 0.2) is 77.7 Å². The van der Waals surface area contributed by atoms with Crippen LogP contribution in [-0.4, -0.2) is 37.2 Å². The number of amides is 1. The lowest BCUT2D eigenvalue weighted by Gasteiger charge is -2.39. The first kappa shape index (κ1) is 29.0. The molecule has 216 valence electrons. The normalized spacial score (nSPS) is 22.6. The standard InChI is InChI=1S/C33H38N2O5S/c1-22-14-15-23(2)28(16-22)34-30(36)29(24-10-7-6-8-11-24)40-31(37)25-12-9-13-27(17-25)41(38,39)35-21-33(5)19-26(35)18-32(3,4)20-33/h6-17,26,29H,18-21H2,1-5H3,(H,34,36)/t26-,29+,33-/m0/s1. The van der Waals surface area contributed by atoms with E-state index in [1.165, 1.54) is 18.2 Å². The number of hydrogen-bond acceptors (Lipinski definition) is 5. The summed E-state index contributed by atoms with van der Waals surface area (Å²) in [4.78, 5) is 26.9. The molecule has 0 unspecified atom stereocenters. The first-order valence-corrected chi connectivity index (χ1v) is 15.5. The van der Waals surface area contributed by atoms with Gasteiger partial charge in [0.05, 0.1) is 10.5 Å². The second kappa shape index (κ2) is 10.7. The largest absolute Gasteiger partial charge is 0.444 e. The van der Waals surface area contributed by atoms with Crippen LogP contribution in [-0.2, 0) is 19.6 Å². The van der Waals surface area contributed by atoms with Crippen molar-refractivity contribution in [2.45, 2.75) is 70.9 Å². The molecule has 2 bridgehead atoms. The van der Waals surface area contributed by atoms with E-state index in [9.17, 15) is 18.0 Å². The zero-order chi connectivity index (χ0) is 29.6. The molecule has 1 amide bonds. The Morgan fingerprint density at radius 2 is 1.68 bits per heavy atom. The van der Waals surface area contributed by atoms with Gasteiger partial charge in [0.25, 0.3) is 5.91 Å². The zero-order valence-electron chi connectivity index (χ0n) is 24.3. The Morgan fingerprint density at radius 1 is 0.951 bits per heavy atom. The average molecular weight is 575 g/mol. The molecule has 1 saturated heterocycles. The number of anilines is 1. The van der Waals surface area contributed by atoms with Gasteiger partial charge in [-0.25, -0.2) is 13.2 Å². The number of carbonyl (C=O) groups excluding carboxylic acids is 2. The molecule has 1 aliphatic heterocycles. The van der Waals surface area contributed by atoms with Gasteiger partial charge in [-0.05, 0) is 79.3 Å². The number of ether oxygens (including phenoxy) is 1. The van der Waals surface area contributed by atoms with Crippen molar-refractivity contribution in [1.29, 1.82) is 0 Å². The molecule has 1 N–H and O–H groups in total. The number of carbonyl (C=O) groups is 2. The lowest BCUT2D eigenvalue weighted by molar-refractivity contribution is -0.125. The molecule has 1 saturated carbocycles. The fourth-order valence-electron chi connectivity index (χ4n) is 6.75. The molecule has 0 aromatic heterocycles. The Labute approximate surface area is 243 Å². The van der Waals surface area contributed by atoms with Crippen LogP contribution in [0.3, 0.4) is 0 Å². The molecule has 0 spiro atoms. The van der Waals surface area contributed by atoms with Crippen molar-refractivity contribution in [3.63, 3.8) is 0 Å². The van der Waals surface area contributed by atoms with Gasteiger partial charge in [-0.2, -0.15) is 4.31 Å². The van der Waals surface area contributed by atoms with E-state index in [0.717, 1.165) is 30.4 Å². The second-order valence-corrected chi connectivity index (χ2v) is 14.7. The number of fused-ring (bicyclic) bond motifs is 2. The van der Waals surface area contributed by atoms with Crippen molar-refractivity contribution in [2.24, 2.45) is 10.8 Å². The van der Waals surface area contributed by atoms with E-state index in [2.05, 4.69) is 26.1 Å². The molecule has 0 radical (unpaired) electrons. The summed E-state index contributed by atoms with van der Waals surface area (Å²) in [5.41, 5.74) is 3.07. The van der Waals surface area contributed by atoms with Gasteiger partial charge in [0, 0.05) is 23.8 Å². The highest BCUT2D eigenvalue weighted by molar-refractivity contribution is 7.89. The molecule has 3 aromatic rings. The van der Waals surface area contributed by atoms with Crippen molar-refractivity contribution >= 4 is 27.6 Å². The fourth-order valence-corrected chi connectivity index (χ4v) is 8.57. The van der Waals surface area contributed by atoms with Crippen LogP contribution in [0.5, 0.6) is 0 Å².